The number of nitrogens with zero attached hydrogens (tertiary/aromatic N) is 5. The Balaban J connectivity index is 0.000000432. The molecule has 2 heterocycles. The van der Waals surface area contributed by atoms with Gasteiger partial charge >= 0.3 is 0 Å². The van der Waals surface area contributed by atoms with Gasteiger partial charge in [-0.1, -0.05) is 49.7 Å². The molecule has 1 aliphatic rings. The van der Waals surface area contributed by atoms with E-state index in [2.05, 4.69) is 90.5 Å². The monoisotopic (exact) mass is 536 g/mol. The molecule has 2 aromatic rings. The van der Waals surface area contributed by atoms with Crippen molar-refractivity contribution >= 4 is 41.0 Å². The molecule has 38 heavy (non-hydrogen) atoms. The van der Waals surface area contributed by atoms with Crippen LogP contribution >= 0.6 is 11.6 Å². The molecular formula is C31H45ClN6. The fourth-order valence-electron chi connectivity index (χ4n) is 4.32. The van der Waals surface area contributed by atoms with Gasteiger partial charge in [-0.3, -0.25) is 4.99 Å². The minimum absolute atomic E-state index is 0.673. The number of likely N-dealkylation sites (N-methyl/N-ethyl adjacent to an activating group) is 1. The third-order valence-electron chi connectivity index (χ3n) is 6.21. The minimum atomic E-state index is 0.673. The SMILES string of the molecule is C=C1C(c2ccc(C(N=CCC)=C(C)C)cc2Cl)=Cc2cncnc2N1CC.CCCN(C)CCCNC. The molecule has 1 aromatic carbocycles. The lowest BCUT2D eigenvalue weighted by Crippen LogP contribution is -2.26. The summed E-state index contributed by atoms with van der Waals surface area (Å²) in [5, 5.41) is 3.81. The zero-order valence-electron chi connectivity index (χ0n) is 24.3. The van der Waals surface area contributed by atoms with Crippen LogP contribution in [-0.4, -0.2) is 61.4 Å². The molecule has 1 aromatic heterocycles. The predicted octanol–water partition coefficient (Wildman–Crippen LogP) is 7.19. The van der Waals surface area contributed by atoms with Crippen molar-refractivity contribution in [1.29, 1.82) is 0 Å². The van der Waals surface area contributed by atoms with E-state index in [1.165, 1.54) is 25.9 Å². The number of anilines is 1. The van der Waals surface area contributed by atoms with Crippen LogP contribution in [0, 0.1) is 0 Å². The van der Waals surface area contributed by atoms with E-state index in [4.69, 9.17) is 11.6 Å². The first-order chi connectivity index (χ1) is 18.3. The quantitative estimate of drug-likeness (QED) is 0.243. The van der Waals surface area contributed by atoms with Gasteiger partial charge in [0.15, 0.2) is 0 Å². The van der Waals surface area contributed by atoms with Crippen LogP contribution in [0.2, 0.25) is 5.02 Å². The van der Waals surface area contributed by atoms with Crippen LogP contribution in [0.5, 0.6) is 0 Å². The minimum Gasteiger partial charge on any atom is -0.326 e. The number of fused-ring (bicyclic) bond motifs is 1. The molecule has 206 valence electrons. The van der Waals surface area contributed by atoms with Crippen molar-refractivity contribution in [1.82, 2.24) is 20.2 Å². The van der Waals surface area contributed by atoms with Crippen molar-refractivity contribution in [2.45, 2.75) is 53.9 Å². The lowest BCUT2D eigenvalue weighted by molar-refractivity contribution is 0.329. The normalized spacial score (nSPS) is 12.8. The highest BCUT2D eigenvalue weighted by Crippen LogP contribution is 2.40. The van der Waals surface area contributed by atoms with Gasteiger partial charge in [-0.05, 0) is 85.9 Å². The maximum atomic E-state index is 6.72. The van der Waals surface area contributed by atoms with E-state index in [0.717, 1.165) is 64.6 Å². The molecule has 0 unspecified atom stereocenters. The molecule has 0 amide bonds. The summed E-state index contributed by atoms with van der Waals surface area (Å²) in [4.78, 5) is 17.6. The van der Waals surface area contributed by atoms with E-state index < -0.39 is 0 Å². The molecule has 1 N–H and O–H groups in total. The number of aliphatic imine (C=N–C) groups is 1. The molecule has 0 aliphatic carbocycles. The standard InChI is InChI=1S/C23H25ClN4.C8H20N2/c1-6-10-26-22(15(3)4)17-8-9-19(21(24)12-17)20-11-18-13-25-14-27-23(18)28(7-2)16(20)5;1-4-7-10(3)8-5-6-9-2/h8-14H,5-7H2,1-4H3;9H,4-8H2,1-3H3. The molecular weight excluding hydrogens is 492 g/mol. The van der Waals surface area contributed by atoms with Crippen LogP contribution < -0.4 is 10.2 Å². The summed E-state index contributed by atoms with van der Waals surface area (Å²) in [7, 11) is 4.18. The molecule has 1 aliphatic heterocycles. The van der Waals surface area contributed by atoms with Gasteiger partial charge in [-0.2, -0.15) is 0 Å². The number of aromatic nitrogens is 2. The Labute approximate surface area is 235 Å². The Kier molecular flexibility index (Phi) is 13.4. The highest BCUT2D eigenvalue weighted by Gasteiger charge is 2.24. The Hall–Kier alpha value is -2.80. The van der Waals surface area contributed by atoms with Gasteiger partial charge in [-0.25, -0.2) is 9.97 Å². The van der Waals surface area contributed by atoms with Crippen molar-refractivity contribution in [3.05, 3.63) is 70.3 Å². The number of hydrogen-bond donors (Lipinski definition) is 1. The summed E-state index contributed by atoms with van der Waals surface area (Å²) in [6.07, 6.45) is 10.8. The van der Waals surface area contributed by atoms with Crippen molar-refractivity contribution in [3.63, 3.8) is 0 Å². The van der Waals surface area contributed by atoms with E-state index in [9.17, 15) is 0 Å². The van der Waals surface area contributed by atoms with E-state index in [1.54, 1.807) is 6.33 Å². The van der Waals surface area contributed by atoms with E-state index in [1.807, 2.05) is 31.6 Å². The predicted molar refractivity (Wildman–Crippen MR) is 167 cm³/mol. The van der Waals surface area contributed by atoms with Crippen LogP contribution in [0.3, 0.4) is 0 Å². The van der Waals surface area contributed by atoms with Crippen LogP contribution in [0.25, 0.3) is 17.3 Å². The average molecular weight is 537 g/mol. The van der Waals surface area contributed by atoms with E-state index in [0.29, 0.717) is 5.02 Å². The Morgan fingerprint density at radius 1 is 1.21 bits per heavy atom. The first-order valence-electron chi connectivity index (χ1n) is 13.6. The molecule has 3 rings (SSSR count). The summed E-state index contributed by atoms with van der Waals surface area (Å²) in [5.74, 6) is 0.875. The van der Waals surface area contributed by atoms with Crippen LogP contribution in [0.4, 0.5) is 5.82 Å². The topological polar surface area (TPSA) is 56.7 Å². The van der Waals surface area contributed by atoms with Gasteiger partial charge in [0, 0.05) is 51.9 Å². The third-order valence-corrected chi connectivity index (χ3v) is 6.52. The second-order valence-electron chi connectivity index (χ2n) is 9.57. The van der Waals surface area contributed by atoms with Crippen molar-refractivity contribution < 1.29 is 0 Å². The zero-order valence-corrected chi connectivity index (χ0v) is 25.1. The summed E-state index contributed by atoms with van der Waals surface area (Å²) in [6, 6.07) is 6.09. The average Bonchev–Trinajstić information content (AvgIpc) is 2.89. The number of allylic oxidation sites excluding steroid dienone is 2. The van der Waals surface area contributed by atoms with Gasteiger partial charge in [0.1, 0.15) is 12.1 Å². The molecule has 0 saturated carbocycles. The Bertz CT molecular complexity index is 1150. The number of hydrogen-bond acceptors (Lipinski definition) is 6. The van der Waals surface area contributed by atoms with Gasteiger partial charge in [0.05, 0.1) is 5.70 Å². The van der Waals surface area contributed by atoms with Crippen molar-refractivity contribution in [3.8, 4) is 0 Å². The summed E-state index contributed by atoms with van der Waals surface area (Å²) in [6.45, 7) is 19.1. The molecule has 7 heteroatoms. The van der Waals surface area contributed by atoms with E-state index in [-0.39, 0.29) is 0 Å². The summed E-state index contributed by atoms with van der Waals surface area (Å²) in [5.41, 5.74) is 6.89. The largest absolute Gasteiger partial charge is 0.326 e. The molecule has 0 spiro atoms. The zero-order chi connectivity index (χ0) is 28.1. The second-order valence-corrected chi connectivity index (χ2v) is 9.98. The highest BCUT2D eigenvalue weighted by molar-refractivity contribution is 6.33. The fraction of sp³-hybridized carbons (Fsp3) is 0.452. The first-order valence-corrected chi connectivity index (χ1v) is 14.0. The fourth-order valence-corrected chi connectivity index (χ4v) is 4.60. The summed E-state index contributed by atoms with van der Waals surface area (Å²) >= 11 is 6.72. The van der Waals surface area contributed by atoms with Gasteiger partial charge in [0.25, 0.3) is 0 Å². The lowest BCUT2D eigenvalue weighted by atomic mass is 9.95. The van der Waals surface area contributed by atoms with Crippen LogP contribution in [0.1, 0.15) is 70.6 Å². The number of nitrogens with one attached hydrogen (secondary N) is 1. The second kappa shape index (κ2) is 16.2. The van der Waals surface area contributed by atoms with Crippen LogP contribution in [-0.2, 0) is 0 Å². The highest BCUT2D eigenvalue weighted by atomic mass is 35.5. The molecule has 0 saturated heterocycles. The number of benzene rings is 1. The van der Waals surface area contributed by atoms with Crippen LogP contribution in [0.15, 0.2) is 53.6 Å². The Morgan fingerprint density at radius 3 is 2.58 bits per heavy atom. The molecule has 6 nitrogen and oxygen atoms in total. The number of rotatable bonds is 11. The van der Waals surface area contributed by atoms with Gasteiger partial charge < -0.3 is 15.1 Å². The first kappa shape index (κ1) is 31.4. The maximum Gasteiger partial charge on any atom is 0.143 e. The third kappa shape index (κ3) is 8.62. The van der Waals surface area contributed by atoms with Gasteiger partial charge in [0.2, 0.25) is 0 Å². The van der Waals surface area contributed by atoms with Gasteiger partial charge in [-0.15, -0.1) is 0 Å². The molecule has 0 bridgehead atoms. The number of halogens is 1. The Morgan fingerprint density at radius 2 is 1.97 bits per heavy atom. The van der Waals surface area contributed by atoms with Crippen molar-refractivity contribution in [2.75, 3.05) is 45.2 Å². The summed E-state index contributed by atoms with van der Waals surface area (Å²) < 4.78 is 0. The maximum absolute atomic E-state index is 6.72. The smallest absolute Gasteiger partial charge is 0.143 e. The lowest BCUT2D eigenvalue weighted by Gasteiger charge is -2.31. The van der Waals surface area contributed by atoms with Crippen molar-refractivity contribution in [2.24, 2.45) is 4.99 Å². The molecule has 0 atom stereocenters. The van der Waals surface area contributed by atoms with E-state index >= 15 is 0 Å². The molecule has 0 radical (unpaired) electrons. The molecule has 0 fully saturated rings.